The lowest BCUT2D eigenvalue weighted by atomic mass is 9.78. The summed E-state index contributed by atoms with van der Waals surface area (Å²) in [6, 6.07) is 11.0. The van der Waals surface area contributed by atoms with Crippen LogP contribution in [0.2, 0.25) is 0 Å². The summed E-state index contributed by atoms with van der Waals surface area (Å²) >= 11 is 0. The quantitative estimate of drug-likeness (QED) is 0.696. The Labute approximate surface area is 153 Å². The van der Waals surface area contributed by atoms with Crippen molar-refractivity contribution in [2.45, 2.75) is 45.3 Å². The summed E-state index contributed by atoms with van der Waals surface area (Å²) in [7, 11) is 1.56. The van der Waals surface area contributed by atoms with E-state index in [9.17, 15) is 13.2 Å². The molecule has 2 aromatic carbocycles. The maximum absolute atomic E-state index is 13.3. The molecule has 0 aromatic heterocycles. The highest BCUT2D eigenvalue weighted by Crippen LogP contribution is 2.42. The molecule has 2 atom stereocenters. The zero-order chi connectivity index (χ0) is 19.5. The Morgan fingerprint density at radius 1 is 1.04 bits per heavy atom. The molecule has 2 N–H and O–H groups in total. The normalized spacial score (nSPS) is 14.3. The average Bonchev–Trinajstić information content (AvgIpc) is 2.60. The monoisotopic (exact) mass is 365 g/mol. The molecule has 0 aliphatic carbocycles. The van der Waals surface area contributed by atoms with E-state index >= 15 is 0 Å². The number of halogens is 3. The highest BCUT2D eigenvalue weighted by atomic mass is 19.4. The Morgan fingerprint density at radius 2 is 1.69 bits per heavy atom. The van der Waals surface area contributed by atoms with Crippen LogP contribution in [-0.2, 0) is 6.18 Å². The van der Waals surface area contributed by atoms with E-state index < -0.39 is 11.7 Å². The third-order valence-corrected chi connectivity index (χ3v) is 4.79. The molecule has 0 saturated heterocycles. The fourth-order valence-corrected chi connectivity index (χ4v) is 3.47. The van der Waals surface area contributed by atoms with E-state index in [1.165, 1.54) is 12.1 Å². The van der Waals surface area contributed by atoms with Crippen molar-refractivity contribution in [3.63, 3.8) is 0 Å². The van der Waals surface area contributed by atoms with Crippen LogP contribution in [0.15, 0.2) is 42.5 Å². The number of hydrogen-bond acceptors (Lipinski definition) is 2. The van der Waals surface area contributed by atoms with E-state index in [1.807, 2.05) is 39.0 Å². The van der Waals surface area contributed by atoms with Crippen molar-refractivity contribution in [3.8, 4) is 16.9 Å². The summed E-state index contributed by atoms with van der Waals surface area (Å²) in [4.78, 5) is 0. The zero-order valence-corrected chi connectivity index (χ0v) is 15.6. The van der Waals surface area contributed by atoms with Gasteiger partial charge < -0.3 is 10.5 Å². The van der Waals surface area contributed by atoms with E-state index in [2.05, 4.69) is 0 Å². The first-order valence-electron chi connectivity index (χ1n) is 8.80. The molecule has 26 heavy (non-hydrogen) atoms. The van der Waals surface area contributed by atoms with E-state index in [0.717, 1.165) is 17.2 Å². The van der Waals surface area contributed by atoms with Gasteiger partial charge in [-0.05, 0) is 41.7 Å². The third-order valence-electron chi connectivity index (χ3n) is 4.79. The highest BCUT2D eigenvalue weighted by molar-refractivity contribution is 5.74. The van der Waals surface area contributed by atoms with Gasteiger partial charge in [-0.15, -0.1) is 0 Å². The van der Waals surface area contributed by atoms with Crippen LogP contribution in [0.1, 0.15) is 44.2 Å². The first kappa shape index (κ1) is 20.3. The lowest BCUT2D eigenvalue weighted by molar-refractivity contribution is -0.137. The van der Waals surface area contributed by atoms with Gasteiger partial charge in [-0.3, -0.25) is 0 Å². The van der Waals surface area contributed by atoms with Gasteiger partial charge in [0.1, 0.15) is 5.75 Å². The predicted molar refractivity (Wildman–Crippen MR) is 99.3 cm³/mol. The van der Waals surface area contributed by atoms with Crippen molar-refractivity contribution in [1.82, 2.24) is 0 Å². The molecule has 142 valence electrons. The van der Waals surface area contributed by atoms with Crippen LogP contribution in [0.4, 0.5) is 13.2 Å². The Morgan fingerprint density at radius 3 is 2.23 bits per heavy atom. The highest BCUT2D eigenvalue weighted by Gasteiger charge is 2.33. The first-order valence-corrected chi connectivity index (χ1v) is 8.80. The Bertz CT molecular complexity index is 740. The maximum atomic E-state index is 13.3. The van der Waals surface area contributed by atoms with Crippen LogP contribution in [-0.4, -0.2) is 13.2 Å². The van der Waals surface area contributed by atoms with E-state index in [-0.39, 0.29) is 17.9 Å². The van der Waals surface area contributed by atoms with Crippen LogP contribution in [0.25, 0.3) is 11.1 Å². The lowest BCUT2D eigenvalue weighted by Crippen LogP contribution is -2.31. The van der Waals surface area contributed by atoms with Crippen molar-refractivity contribution in [2.24, 2.45) is 11.7 Å². The summed E-state index contributed by atoms with van der Waals surface area (Å²) in [5.41, 5.74) is 7.79. The van der Waals surface area contributed by atoms with Gasteiger partial charge in [-0.25, -0.2) is 0 Å². The molecule has 0 heterocycles. The standard InChI is InChI=1S/C21H26F3NO/c1-5-18(25)20(13(2)3)17-12-14(21(22,23)24)10-11-15(17)16-8-6-7-9-19(16)26-4/h6-13,18,20H,5,25H2,1-4H3. The summed E-state index contributed by atoms with van der Waals surface area (Å²) in [6.07, 6.45) is -3.71. The van der Waals surface area contributed by atoms with E-state index in [0.29, 0.717) is 17.7 Å². The Hall–Kier alpha value is -2.01. The van der Waals surface area contributed by atoms with Crippen molar-refractivity contribution in [3.05, 3.63) is 53.6 Å². The van der Waals surface area contributed by atoms with Gasteiger partial charge in [0.05, 0.1) is 12.7 Å². The molecule has 0 saturated carbocycles. The SMILES string of the molecule is CCC(N)C(c1cc(C(F)(F)F)ccc1-c1ccccc1OC)C(C)C. The molecule has 2 rings (SSSR count). The number of nitrogens with two attached hydrogens (primary N) is 1. The molecule has 5 heteroatoms. The molecule has 0 spiro atoms. The van der Waals surface area contributed by atoms with Crippen molar-refractivity contribution in [1.29, 1.82) is 0 Å². The number of ether oxygens (including phenoxy) is 1. The molecular weight excluding hydrogens is 339 g/mol. The van der Waals surface area contributed by atoms with Crippen molar-refractivity contribution in [2.75, 3.05) is 7.11 Å². The zero-order valence-electron chi connectivity index (χ0n) is 15.6. The van der Waals surface area contributed by atoms with Gasteiger partial charge in [0.2, 0.25) is 0 Å². The number of rotatable bonds is 6. The van der Waals surface area contributed by atoms with Gasteiger partial charge in [0.15, 0.2) is 0 Å². The topological polar surface area (TPSA) is 35.2 Å². The van der Waals surface area contributed by atoms with Crippen LogP contribution in [0, 0.1) is 5.92 Å². The number of para-hydroxylation sites is 1. The molecule has 0 aliphatic heterocycles. The van der Waals surface area contributed by atoms with Crippen LogP contribution < -0.4 is 10.5 Å². The summed E-state index contributed by atoms with van der Waals surface area (Å²) < 4.78 is 45.4. The number of methoxy groups -OCH3 is 1. The average molecular weight is 365 g/mol. The summed E-state index contributed by atoms with van der Waals surface area (Å²) in [5, 5.41) is 0. The molecule has 2 unspecified atom stereocenters. The largest absolute Gasteiger partial charge is 0.496 e. The molecule has 0 fully saturated rings. The summed E-state index contributed by atoms with van der Waals surface area (Å²) in [5.74, 6) is 0.533. The second-order valence-electron chi connectivity index (χ2n) is 6.84. The lowest BCUT2D eigenvalue weighted by Gasteiger charge is -2.30. The molecular formula is C21H26F3NO. The maximum Gasteiger partial charge on any atom is 0.416 e. The van der Waals surface area contributed by atoms with E-state index in [4.69, 9.17) is 10.5 Å². The molecule has 0 aliphatic rings. The van der Waals surface area contributed by atoms with Crippen LogP contribution in [0.3, 0.4) is 0 Å². The first-order chi connectivity index (χ1) is 12.2. The second-order valence-corrected chi connectivity index (χ2v) is 6.84. The van der Waals surface area contributed by atoms with Gasteiger partial charge in [-0.2, -0.15) is 13.2 Å². The molecule has 2 aromatic rings. The molecule has 0 amide bonds. The van der Waals surface area contributed by atoms with Crippen molar-refractivity contribution < 1.29 is 17.9 Å². The second kappa shape index (κ2) is 8.12. The molecule has 0 bridgehead atoms. The Kier molecular flexibility index (Phi) is 6.34. The minimum Gasteiger partial charge on any atom is -0.496 e. The third kappa shape index (κ3) is 4.21. The minimum atomic E-state index is -4.40. The number of hydrogen-bond donors (Lipinski definition) is 1. The number of benzene rings is 2. The summed E-state index contributed by atoms with van der Waals surface area (Å²) in [6.45, 7) is 5.94. The Balaban J connectivity index is 2.75. The number of alkyl halides is 3. The molecule has 2 nitrogen and oxygen atoms in total. The fourth-order valence-electron chi connectivity index (χ4n) is 3.47. The molecule has 0 radical (unpaired) electrons. The van der Waals surface area contributed by atoms with Crippen molar-refractivity contribution >= 4 is 0 Å². The predicted octanol–water partition coefficient (Wildman–Crippen LogP) is 5.86. The fraction of sp³-hybridized carbons (Fsp3) is 0.429. The van der Waals surface area contributed by atoms with Gasteiger partial charge >= 0.3 is 6.18 Å². The van der Waals surface area contributed by atoms with Gasteiger partial charge in [0, 0.05) is 17.5 Å². The van der Waals surface area contributed by atoms with Gasteiger partial charge in [0.25, 0.3) is 0 Å². The van der Waals surface area contributed by atoms with Crippen LogP contribution in [0.5, 0.6) is 5.75 Å². The van der Waals surface area contributed by atoms with E-state index in [1.54, 1.807) is 13.2 Å². The van der Waals surface area contributed by atoms with Gasteiger partial charge in [-0.1, -0.05) is 45.0 Å². The minimum absolute atomic E-state index is 0.0990. The smallest absolute Gasteiger partial charge is 0.416 e. The van der Waals surface area contributed by atoms with Crippen LogP contribution >= 0.6 is 0 Å².